The van der Waals surface area contributed by atoms with E-state index in [4.69, 9.17) is 4.74 Å². The predicted octanol–water partition coefficient (Wildman–Crippen LogP) is 1.52. The zero-order valence-corrected chi connectivity index (χ0v) is 14.3. The Kier molecular flexibility index (Phi) is 4.69. The van der Waals surface area contributed by atoms with Gasteiger partial charge >= 0.3 is 0 Å². The summed E-state index contributed by atoms with van der Waals surface area (Å²) in [6.45, 7) is 0.409. The quantitative estimate of drug-likeness (QED) is 0.921. The highest BCUT2D eigenvalue weighted by molar-refractivity contribution is 6.00. The maximum Gasteiger partial charge on any atom is 0.272 e. The first-order valence-electron chi connectivity index (χ1n) is 8.07. The van der Waals surface area contributed by atoms with E-state index in [0.717, 1.165) is 16.6 Å². The first kappa shape index (κ1) is 16.7. The Morgan fingerprint density at radius 3 is 2.83 bits per heavy atom. The van der Waals surface area contributed by atoms with Crippen LogP contribution < -0.4 is 4.90 Å². The number of likely N-dealkylation sites (tertiary alicyclic amines) is 1. The molecule has 6 heteroatoms. The van der Waals surface area contributed by atoms with Gasteiger partial charge in [-0.05, 0) is 18.6 Å². The maximum atomic E-state index is 13.0. The summed E-state index contributed by atoms with van der Waals surface area (Å²) in [5.41, 5.74) is 2.13. The number of hydrogen-bond acceptors (Lipinski definition) is 5. The second-order valence-corrected chi connectivity index (χ2v) is 6.33. The number of para-hydroxylation sites is 1. The molecule has 1 fully saturated rings. The third kappa shape index (κ3) is 2.95. The summed E-state index contributed by atoms with van der Waals surface area (Å²) >= 11 is 0. The van der Waals surface area contributed by atoms with Gasteiger partial charge in [-0.25, -0.2) is 4.98 Å². The van der Waals surface area contributed by atoms with Gasteiger partial charge in [-0.15, -0.1) is 0 Å². The number of benzene rings is 1. The van der Waals surface area contributed by atoms with Crippen LogP contribution in [0.4, 0.5) is 5.69 Å². The van der Waals surface area contributed by atoms with Crippen LogP contribution in [0.5, 0.6) is 0 Å². The van der Waals surface area contributed by atoms with E-state index in [1.54, 1.807) is 12.0 Å². The van der Waals surface area contributed by atoms with Crippen molar-refractivity contribution in [3.63, 3.8) is 0 Å². The average molecular weight is 329 g/mol. The molecule has 2 atom stereocenters. The summed E-state index contributed by atoms with van der Waals surface area (Å²) in [5.74, 6) is -0.164. The molecule has 2 aromatic rings. The van der Waals surface area contributed by atoms with Crippen LogP contribution >= 0.6 is 0 Å². The van der Waals surface area contributed by atoms with E-state index >= 15 is 0 Å². The van der Waals surface area contributed by atoms with Crippen molar-refractivity contribution in [1.82, 2.24) is 9.88 Å². The number of carbonyl (C=O) groups is 1. The number of methoxy groups -OCH3 is 1. The second kappa shape index (κ2) is 6.75. The van der Waals surface area contributed by atoms with Gasteiger partial charge in [-0.1, -0.05) is 18.2 Å². The van der Waals surface area contributed by atoms with Crippen LogP contribution in [-0.2, 0) is 4.74 Å². The van der Waals surface area contributed by atoms with Crippen LogP contribution in [0.2, 0.25) is 0 Å². The van der Waals surface area contributed by atoms with Crippen molar-refractivity contribution in [2.24, 2.45) is 0 Å². The Balaban J connectivity index is 2.01. The Bertz CT molecular complexity index is 747. The largest absolute Gasteiger partial charge is 0.394 e. The summed E-state index contributed by atoms with van der Waals surface area (Å²) in [4.78, 5) is 21.2. The van der Waals surface area contributed by atoms with Crippen LogP contribution in [0.1, 0.15) is 16.9 Å². The highest BCUT2D eigenvalue weighted by atomic mass is 16.5. The van der Waals surface area contributed by atoms with E-state index in [9.17, 15) is 9.90 Å². The molecule has 1 aliphatic rings. The normalized spacial score (nSPS) is 20.6. The van der Waals surface area contributed by atoms with Crippen LogP contribution in [0.3, 0.4) is 0 Å². The predicted molar refractivity (Wildman–Crippen MR) is 93.4 cm³/mol. The van der Waals surface area contributed by atoms with E-state index in [1.807, 2.05) is 49.3 Å². The standard InChI is InChI=1S/C18H23N3O3/c1-20(2)17-9-16(19-15-7-5-4-6-14(15)17)18(23)21-10-13(24-3)8-12(21)11-22/h4-7,9,12-13,22H,8,10-11H2,1-3H3/t12-,13-/m0/s1. The number of aliphatic hydroxyl groups excluding tert-OH is 1. The highest BCUT2D eigenvalue weighted by Crippen LogP contribution is 2.27. The zero-order valence-electron chi connectivity index (χ0n) is 14.3. The minimum Gasteiger partial charge on any atom is -0.394 e. The lowest BCUT2D eigenvalue weighted by molar-refractivity contribution is 0.0642. The van der Waals surface area contributed by atoms with Gasteiger partial charge in [0, 0.05) is 38.8 Å². The van der Waals surface area contributed by atoms with Gasteiger partial charge in [-0.2, -0.15) is 0 Å². The Labute approximate surface area is 141 Å². The van der Waals surface area contributed by atoms with Crippen molar-refractivity contribution in [2.45, 2.75) is 18.6 Å². The number of rotatable bonds is 4. The number of pyridine rings is 1. The van der Waals surface area contributed by atoms with Crippen molar-refractivity contribution in [1.29, 1.82) is 0 Å². The number of fused-ring (bicyclic) bond motifs is 1. The van der Waals surface area contributed by atoms with Gasteiger partial charge in [-0.3, -0.25) is 4.79 Å². The van der Waals surface area contributed by atoms with E-state index < -0.39 is 0 Å². The number of ether oxygens (including phenoxy) is 1. The molecule has 24 heavy (non-hydrogen) atoms. The lowest BCUT2D eigenvalue weighted by Crippen LogP contribution is -2.38. The Morgan fingerprint density at radius 2 is 2.17 bits per heavy atom. The van der Waals surface area contributed by atoms with Gasteiger partial charge < -0.3 is 19.6 Å². The van der Waals surface area contributed by atoms with Crippen LogP contribution in [0, 0.1) is 0 Å². The first-order valence-corrected chi connectivity index (χ1v) is 8.07. The topological polar surface area (TPSA) is 65.9 Å². The minimum absolute atomic E-state index is 0.0418. The van der Waals surface area contributed by atoms with Gasteiger partial charge in [0.15, 0.2) is 0 Å². The molecular formula is C18H23N3O3. The fraction of sp³-hybridized carbons (Fsp3) is 0.444. The molecule has 1 N–H and O–H groups in total. The fourth-order valence-electron chi connectivity index (χ4n) is 3.25. The van der Waals surface area contributed by atoms with E-state index in [0.29, 0.717) is 18.7 Å². The number of amides is 1. The molecule has 1 saturated heterocycles. The smallest absolute Gasteiger partial charge is 0.272 e. The van der Waals surface area contributed by atoms with Crippen molar-refractivity contribution in [3.05, 3.63) is 36.0 Å². The molecular weight excluding hydrogens is 306 g/mol. The SMILES string of the molecule is CO[C@H]1C[C@@H](CO)N(C(=O)c2cc(N(C)C)c3ccccc3n2)C1. The molecule has 0 radical (unpaired) electrons. The van der Waals surface area contributed by atoms with Crippen LogP contribution in [0.15, 0.2) is 30.3 Å². The number of aliphatic hydroxyl groups is 1. The maximum absolute atomic E-state index is 13.0. The van der Waals surface area contributed by atoms with Crippen LogP contribution in [0.25, 0.3) is 10.9 Å². The van der Waals surface area contributed by atoms with Crippen molar-refractivity contribution in [3.8, 4) is 0 Å². The molecule has 6 nitrogen and oxygen atoms in total. The van der Waals surface area contributed by atoms with Gasteiger partial charge in [0.05, 0.1) is 24.3 Å². The molecule has 1 amide bonds. The fourth-order valence-corrected chi connectivity index (χ4v) is 3.25. The van der Waals surface area contributed by atoms with Crippen LogP contribution in [-0.4, -0.2) is 67.4 Å². The van der Waals surface area contributed by atoms with E-state index in [2.05, 4.69) is 4.98 Å². The number of anilines is 1. The number of hydrogen-bond donors (Lipinski definition) is 1. The number of carbonyl (C=O) groups excluding carboxylic acids is 1. The van der Waals surface area contributed by atoms with Gasteiger partial charge in [0.2, 0.25) is 0 Å². The summed E-state index contributed by atoms with van der Waals surface area (Å²) in [7, 11) is 5.53. The molecule has 0 saturated carbocycles. The molecule has 0 bridgehead atoms. The summed E-state index contributed by atoms with van der Waals surface area (Å²) < 4.78 is 5.36. The molecule has 1 aromatic carbocycles. The molecule has 0 unspecified atom stereocenters. The number of aromatic nitrogens is 1. The monoisotopic (exact) mass is 329 g/mol. The van der Waals surface area contributed by atoms with Gasteiger partial charge in [0.1, 0.15) is 5.69 Å². The van der Waals surface area contributed by atoms with E-state index in [-0.39, 0.29) is 24.7 Å². The molecule has 128 valence electrons. The third-order valence-electron chi connectivity index (χ3n) is 4.58. The van der Waals surface area contributed by atoms with Crippen molar-refractivity contribution < 1.29 is 14.6 Å². The molecule has 2 heterocycles. The second-order valence-electron chi connectivity index (χ2n) is 6.33. The highest BCUT2D eigenvalue weighted by Gasteiger charge is 2.36. The minimum atomic E-state index is -0.224. The first-order chi connectivity index (χ1) is 11.5. The zero-order chi connectivity index (χ0) is 17.3. The van der Waals surface area contributed by atoms with Gasteiger partial charge in [0.25, 0.3) is 5.91 Å². The molecule has 1 aliphatic heterocycles. The average Bonchev–Trinajstić information content (AvgIpc) is 3.03. The Hall–Kier alpha value is -2.18. The van der Waals surface area contributed by atoms with Crippen molar-refractivity contribution >= 4 is 22.5 Å². The molecule has 0 spiro atoms. The van der Waals surface area contributed by atoms with Crippen molar-refractivity contribution in [2.75, 3.05) is 39.3 Å². The lowest BCUT2D eigenvalue weighted by Gasteiger charge is -2.23. The number of nitrogens with zero attached hydrogens (tertiary/aromatic N) is 3. The third-order valence-corrected chi connectivity index (χ3v) is 4.58. The molecule has 3 rings (SSSR count). The lowest BCUT2D eigenvalue weighted by atomic mass is 10.1. The van der Waals surface area contributed by atoms with E-state index in [1.165, 1.54) is 0 Å². The molecule has 0 aliphatic carbocycles. The Morgan fingerprint density at radius 1 is 1.42 bits per heavy atom. The summed E-state index contributed by atoms with van der Waals surface area (Å²) in [5, 5.41) is 10.6. The summed E-state index contributed by atoms with van der Waals surface area (Å²) in [6.07, 6.45) is 0.604. The summed E-state index contributed by atoms with van der Waals surface area (Å²) in [6, 6.07) is 9.38. The molecule has 1 aromatic heterocycles.